The Bertz CT molecular complexity index is 760. The number of Topliss-reactive ketones (excluding diaryl/α,β-unsaturated/α-hetero) is 1. The average molecular weight is 299 g/mol. The van der Waals surface area contributed by atoms with Gasteiger partial charge in [-0.2, -0.15) is 0 Å². The molecule has 3 nitrogen and oxygen atoms in total. The van der Waals surface area contributed by atoms with Crippen LogP contribution in [0.15, 0.2) is 60.2 Å². The number of halogens is 1. The van der Waals surface area contributed by atoms with E-state index in [1.807, 2.05) is 0 Å². The Kier molecular flexibility index (Phi) is 3.45. The van der Waals surface area contributed by atoms with Gasteiger partial charge in [0, 0.05) is 21.7 Å². The molecule has 0 spiro atoms. The van der Waals surface area contributed by atoms with Crippen LogP contribution in [0.25, 0.3) is 0 Å². The fraction of sp³-hybridized carbons (Fsp3) is 0.0588. The predicted molar refractivity (Wildman–Crippen MR) is 79.6 cm³/mol. The molecule has 0 radical (unpaired) electrons. The van der Waals surface area contributed by atoms with Gasteiger partial charge in [-0.05, 0) is 23.8 Å². The first-order chi connectivity index (χ1) is 10.1. The van der Waals surface area contributed by atoms with E-state index in [0.29, 0.717) is 21.7 Å². The summed E-state index contributed by atoms with van der Waals surface area (Å²) in [6, 6.07) is 13.1. The van der Waals surface area contributed by atoms with Gasteiger partial charge in [-0.15, -0.1) is 0 Å². The lowest BCUT2D eigenvalue weighted by molar-refractivity contribution is 0.0947. The summed E-state index contributed by atoms with van der Waals surface area (Å²) in [4.78, 5) is 24.5. The van der Waals surface area contributed by atoms with Gasteiger partial charge < -0.3 is 5.11 Å². The summed E-state index contributed by atoms with van der Waals surface area (Å²) in [5.74, 6) is -0.596. The molecule has 1 aliphatic carbocycles. The van der Waals surface area contributed by atoms with E-state index in [9.17, 15) is 14.7 Å². The second-order valence-corrected chi connectivity index (χ2v) is 5.23. The summed E-state index contributed by atoms with van der Waals surface area (Å²) in [5.41, 5.74) is 1.30. The highest BCUT2D eigenvalue weighted by Crippen LogP contribution is 2.30. The third kappa shape index (κ3) is 2.42. The quantitative estimate of drug-likeness (QED) is 0.924. The zero-order chi connectivity index (χ0) is 15.0. The van der Waals surface area contributed by atoms with Crippen LogP contribution in [-0.2, 0) is 0 Å². The van der Waals surface area contributed by atoms with Crippen molar-refractivity contribution in [1.29, 1.82) is 0 Å². The highest BCUT2D eigenvalue weighted by atomic mass is 35.5. The normalized spacial score (nSPS) is 15.4. The van der Waals surface area contributed by atoms with E-state index in [1.54, 1.807) is 48.5 Å². The number of benzene rings is 2. The molecule has 21 heavy (non-hydrogen) atoms. The van der Waals surface area contributed by atoms with Crippen molar-refractivity contribution in [2.75, 3.05) is 0 Å². The van der Waals surface area contributed by atoms with Crippen LogP contribution in [-0.4, -0.2) is 16.7 Å². The number of hydrogen-bond acceptors (Lipinski definition) is 3. The lowest BCUT2D eigenvalue weighted by atomic mass is 9.85. The van der Waals surface area contributed by atoms with Crippen molar-refractivity contribution < 1.29 is 14.7 Å². The number of allylic oxidation sites excluding steroid dienone is 1. The van der Waals surface area contributed by atoms with Crippen molar-refractivity contribution in [2.24, 2.45) is 0 Å². The van der Waals surface area contributed by atoms with Gasteiger partial charge in [-0.1, -0.05) is 48.0 Å². The van der Waals surface area contributed by atoms with Crippen LogP contribution >= 0.6 is 11.6 Å². The lowest BCUT2D eigenvalue weighted by Crippen LogP contribution is -2.21. The topological polar surface area (TPSA) is 54.4 Å². The van der Waals surface area contributed by atoms with Gasteiger partial charge in [0.1, 0.15) is 6.10 Å². The van der Waals surface area contributed by atoms with E-state index in [1.165, 1.54) is 6.08 Å². The number of aliphatic hydroxyl groups is 1. The molecular weight excluding hydrogens is 288 g/mol. The molecule has 0 heterocycles. The fourth-order valence-electron chi connectivity index (χ4n) is 2.36. The van der Waals surface area contributed by atoms with Gasteiger partial charge >= 0.3 is 0 Å². The van der Waals surface area contributed by atoms with Gasteiger partial charge in [-0.3, -0.25) is 9.59 Å². The van der Waals surface area contributed by atoms with Gasteiger partial charge in [0.2, 0.25) is 0 Å². The van der Waals surface area contributed by atoms with E-state index in [-0.39, 0.29) is 17.1 Å². The summed E-state index contributed by atoms with van der Waals surface area (Å²) in [6.45, 7) is 0. The van der Waals surface area contributed by atoms with E-state index < -0.39 is 6.10 Å². The number of carbonyl (C=O) groups excluding carboxylic acids is 2. The van der Waals surface area contributed by atoms with Crippen LogP contribution in [0.4, 0.5) is 0 Å². The number of fused-ring (bicyclic) bond motifs is 1. The van der Waals surface area contributed by atoms with Gasteiger partial charge in [0.25, 0.3) is 0 Å². The van der Waals surface area contributed by atoms with Crippen LogP contribution in [0.2, 0.25) is 5.02 Å². The molecule has 0 aromatic heterocycles. The van der Waals surface area contributed by atoms with E-state index >= 15 is 0 Å². The molecule has 1 atom stereocenters. The first-order valence-corrected chi connectivity index (χ1v) is 6.79. The van der Waals surface area contributed by atoms with Crippen LogP contribution in [0.3, 0.4) is 0 Å². The molecule has 2 aromatic rings. The molecule has 3 rings (SSSR count). The second-order valence-electron chi connectivity index (χ2n) is 4.79. The molecule has 0 amide bonds. The van der Waals surface area contributed by atoms with E-state index in [0.717, 1.165) is 0 Å². The molecule has 0 unspecified atom stereocenters. The van der Waals surface area contributed by atoms with Gasteiger partial charge in [0.15, 0.2) is 11.6 Å². The SMILES string of the molecule is O=C1C=C([C@H](O)c2ccc(Cl)cc2)C(=O)c2ccccc21. The summed E-state index contributed by atoms with van der Waals surface area (Å²) in [6.07, 6.45) is 0.0660. The maximum atomic E-state index is 12.4. The Hall–Kier alpha value is -2.23. The molecule has 1 aliphatic rings. The average Bonchev–Trinajstić information content (AvgIpc) is 2.51. The van der Waals surface area contributed by atoms with Crippen LogP contribution in [0, 0.1) is 0 Å². The molecule has 1 N–H and O–H groups in total. The third-order valence-electron chi connectivity index (χ3n) is 3.47. The minimum absolute atomic E-state index is 0.0843. The van der Waals surface area contributed by atoms with Crippen molar-refractivity contribution in [3.63, 3.8) is 0 Å². The smallest absolute Gasteiger partial charge is 0.192 e. The zero-order valence-electron chi connectivity index (χ0n) is 10.9. The predicted octanol–water partition coefficient (Wildman–Crippen LogP) is 3.38. The minimum atomic E-state index is -1.15. The zero-order valence-corrected chi connectivity index (χ0v) is 11.7. The standard InChI is InChI=1S/C17H11ClO3/c18-11-7-5-10(6-8-11)16(20)14-9-15(19)12-3-1-2-4-13(12)17(14)21/h1-9,16,20H/t16-/m1/s1. The first-order valence-electron chi connectivity index (χ1n) is 6.41. The fourth-order valence-corrected chi connectivity index (χ4v) is 2.49. The molecule has 2 aromatic carbocycles. The minimum Gasteiger partial charge on any atom is -0.384 e. The Labute approximate surface area is 126 Å². The van der Waals surface area contributed by atoms with Gasteiger partial charge in [0.05, 0.1) is 0 Å². The molecule has 4 heteroatoms. The summed E-state index contributed by atoms with van der Waals surface area (Å²) in [5, 5.41) is 10.9. The van der Waals surface area contributed by atoms with Crippen LogP contribution < -0.4 is 0 Å². The third-order valence-corrected chi connectivity index (χ3v) is 3.72. The second kappa shape index (κ2) is 5.28. The van der Waals surface area contributed by atoms with Crippen molar-refractivity contribution in [2.45, 2.75) is 6.10 Å². The first kappa shape index (κ1) is 13.7. The molecular formula is C17H11ClO3. The van der Waals surface area contributed by atoms with Crippen molar-refractivity contribution in [1.82, 2.24) is 0 Å². The molecule has 0 saturated heterocycles. The Morgan fingerprint density at radius 1 is 0.905 bits per heavy atom. The van der Waals surface area contributed by atoms with Crippen LogP contribution in [0.5, 0.6) is 0 Å². The van der Waals surface area contributed by atoms with Crippen molar-refractivity contribution in [3.8, 4) is 0 Å². The van der Waals surface area contributed by atoms with E-state index in [2.05, 4.69) is 0 Å². The number of carbonyl (C=O) groups is 2. The summed E-state index contributed by atoms with van der Waals surface area (Å²) >= 11 is 5.80. The molecule has 0 saturated carbocycles. The van der Waals surface area contributed by atoms with Crippen LogP contribution in [0.1, 0.15) is 32.4 Å². The molecule has 0 fully saturated rings. The Morgan fingerprint density at radius 2 is 1.52 bits per heavy atom. The maximum Gasteiger partial charge on any atom is 0.192 e. The summed E-state index contributed by atoms with van der Waals surface area (Å²) in [7, 11) is 0. The maximum absolute atomic E-state index is 12.4. The lowest BCUT2D eigenvalue weighted by Gasteiger charge is -2.19. The molecule has 0 bridgehead atoms. The summed E-state index contributed by atoms with van der Waals surface area (Å²) < 4.78 is 0. The van der Waals surface area contributed by atoms with E-state index in [4.69, 9.17) is 11.6 Å². The molecule has 104 valence electrons. The number of ketones is 2. The molecule has 0 aliphatic heterocycles. The number of rotatable bonds is 2. The highest BCUT2D eigenvalue weighted by Gasteiger charge is 2.29. The number of hydrogen-bond donors (Lipinski definition) is 1. The highest BCUT2D eigenvalue weighted by molar-refractivity contribution is 6.30. The Morgan fingerprint density at radius 3 is 2.19 bits per heavy atom. The van der Waals surface area contributed by atoms with Crippen molar-refractivity contribution >= 4 is 23.2 Å². The monoisotopic (exact) mass is 298 g/mol. The van der Waals surface area contributed by atoms with Gasteiger partial charge in [-0.25, -0.2) is 0 Å². The largest absolute Gasteiger partial charge is 0.384 e. The number of aliphatic hydroxyl groups excluding tert-OH is 1. The Balaban J connectivity index is 2.02. The van der Waals surface area contributed by atoms with Crippen molar-refractivity contribution in [3.05, 3.63) is 81.9 Å².